The van der Waals surface area contributed by atoms with Crippen molar-refractivity contribution in [2.75, 3.05) is 10.6 Å². The molecule has 0 saturated heterocycles. The smallest absolute Gasteiger partial charge is 0.291 e. The quantitative estimate of drug-likeness (QED) is 0.481. The minimum Gasteiger partial charge on any atom is -0.459 e. The van der Waals surface area contributed by atoms with E-state index in [2.05, 4.69) is 15.6 Å². The largest absolute Gasteiger partial charge is 0.459 e. The van der Waals surface area contributed by atoms with Gasteiger partial charge in [-0.05, 0) is 48.7 Å². The molecule has 2 amide bonds. The highest BCUT2D eigenvalue weighted by Gasteiger charge is 2.16. The molecule has 0 aliphatic rings. The van der Waals surface area contributed by atoms with E-state index in [1.807, 2.05) is 17.5 Å². The highest BCUT2D eigenvalue weighted by atomic mass is 32.1. The molecule has 7 nitrogen and oxygen atoms in total. The summed E-state index contributed by atoms with van der Waals surface area (Å²) in [5.41, 5.74) is 1.70. The maximum Gasteiger partial charge on any atom is 0.291 e. The average molecular weight is 407 g/mol. The number of oxazole rings is 1. The molecule has 0 saturated carbocycles. The fourth-order valence-corrected chi connectivity index (χ4v) is 3.38. The first-order chi connectivity index (χ1) is 14.1. The summed E-state index contributed by atoms with van der Waals surface area (Å²) in [6.45, 7) is 1.79. The van der Waals surface area contributed by atoms with Crippen LogP contribution in [0, 0.1) is 6.92 Å². The Morgan fingerprint density at radius 2 is 1.90 bits per heavy atom. The van der Waals surface area contributed by atoms with E-state index < -0.39 is 0 Å². The van der Waals surface area contributed by atoms with E-state index in [0.717, 1.165) is 4.88 Å². The highest BCUT2D eigenvalue weighted by molar-refractivity contribution is 7.13. The average Bonchev–Trinajstić information content (AvgIpc) is 3.45. The Labute approximate surface area is 170 Å². The van der Waals surface area contributed by atoms with Crippen molar-refractivity contribution in [2.45, 2.75) is 13.3 Å². The lowest BCUT2D eigenvalue weighted by Gasteiger charge is -2.08. The lowest BCUT2D eigenvalue weighted by molar-refractivity contribution is -0.115. The summed E-state index contributed by atoms with van der Waals surface area (Å²) in [7, 11) is 0. The molecule has 0 bridgehead atoms. The van der Waals surface area contributed by atoms with Crippen molar-refractivity contribution in [1.29, 1.82) is 0 Å². The summed E-state index contributed by atoms with van der Waals surface area (Å²) in [6.07, 6.45) is 1.52. The fourth-order valence-electron chi connectivity index (χ4n) is 2.73. The van der Waals surface area contributed by atoms with E-state index in [4.69, 9.17) is 8.83 Å². The Morgan fingerprint density at radius 3 is 2.62 bits per heavy atom. The van der Waals surface area contributed by atoms with Crippen LogP contribution in [0.4, 0.5) is 11.4 Å². The van der Waals surface area contributed by atoms with Gasteiger partial charge in [-0.1, -0.05) is 12.1 Å². The molecule has 0 fully saturated rings. The summed E-state index contributed by atoms with van der Waals surface area (Å²) in [6, 6.07) is 13.9. The van der Waals surface area contributed by atoms with Crippen LogP contribution < -0.4 is 10.6 Å². The van der Waals surface area contributed by atoms with Crippen molar-refractivity contribution in [2.24, 2.45) is 0 Å². The molecule has 3 heterocycles. The Kier molecular flexibility index (Phi) is 5.26. The molecule has 0 aliphatic carbocycles. The Bertz CT molecular complexity index is 1130. The number of nitrogens with one attached hydrogen (secondary N) is 2. The lowest BCUT2D eigenvalue weighted by Crippen LogP contribution is -2.16. The van der Waals surface area contributed by atoms with Crippen molar-refractivity contribution >= 4 is 34.5 Å². The van der Waals surface area contributed by atoms with Gasteiger partial charge in [-0.2, -0.15) is 0 Å². The summed E-state index contributed by atoms with van der Waals surface area (Å²) in [5.74, 6) is 0.750. The normalized spacial score (nSPS) is 10.7. The predicted molar refractivity (Wildman–Crippen MR) is 110 cm³/mol. The molecular weight excluding hydrogens is 390 g/mol. The van der Waals surface area contributed by atoms with Gasteiger partial charge in [0.05, 0.1) is 23.3 Å². The number of amides is 2. The number of hydrogen-bond donors (Lipinski definition) is 2. The topological polar surface area (TPSA) is 97.4 Å². The van der Waals surface area contributed by atoms with Gasteiger partial charge in [0.15, 0.2) is 5.76 Å². The van der Waals surface area contributed by atoms with E-state index >= 15 is 0 Å². The van der Waals surface area contributed by atoms with Crippen LogP contribution in [0.5, 0.6) is 0 Å². The predicted octanol–water partition coefficient (Wildman–Crippen LogP) is 4.74. The van der Waals surface area contributed by atoms with Gasteiger partial charge in [0, 0.05) is 11.4 Å². The first-order valence-corrected chi connectivity index (χ1v) is 9.71. The zero-order valence-electron chi connectivity index (χ0n) is 15.5. The van der Waals surface area contributed by atoms with Gasteiger partial charge in [-0.25, -0.2) is 4.98 Å². The number of furan rings is 1. The van der Waals surface area contributed by atoms with Gasteiger partial charge in [-0.3, -0.25) is 9.59 Å². The zero-order chi connectivity index (χ0) is 20.2. The molecule has 4 rings (SSSR count). The highest BCUT2D eigenvalue weighted by Crippen LogP contribution is 2.26. The maximum absolute atomic E-state index is 12.5. The monoisotopic (exact) mass is 407 g/mol. The molecule has 4 aromatic rings. The zero-order valence-corrected chi connectivity index (χ0v) is 16.3. The number of aryl methyl sites for hydroxylation is 1. The third-order valence-corrected chi connectivity index (χ3v) is 4.96. The second-order valence-electron chi connectivity index (χ2n) is 6.24. The number of rotatable bonds is 6. The summed E-state index contributed by atoms with van der Waals surface area (Å²) in [4.78, 5) is 29.9. The summed E-state index contributed by atoms with van der Waals surface area (Å²) >= 11 is 1.53. The van der Waals surface area contributed by atoms with Gasteiger partial charge < -0.3 is 19.5 Å². The second kappa shape index (κ2) is 8.15. The number of aromatic nitrogens is 1. The second-order valence-corrected chi connectivity index (χ2v) is 7.18. The van der Waals surface area contributed by atoms with E-state index in [-0.39, 0.29) is 24.0 Å². The summed E-state index contributed by atoms with van der Waals surface area (Å²) in [5, 5.41) is 7.49. The number of carbonyl (C=O) groups is 2. The maximum atomic E-state index is 12.5. The van der Waals surface area contributed by atoms with E-state index in [9.17, 15) is 9.59 Å². The van der Waals surface area contributed by atoms with Gasteiger partial charge in [0.1, 0.15) is 5.76 Å². The Balaban J connectivity index is 1.41. The van der Waals surface area contributed by atoms with Gasteiger partial charge >= 0.3 is 0 Å². The van der Waals surface area contributed by atoms with Gasteiger partial charge in [-0.15, -0.1) is 11.3 Å². The molecule has 2 N–H and O–H groups in total. The van der Waals surface area contributed by atoms with E-state index in [1.165, 1.54) is 17.6 Å². The lowest BCUT2D eigenvalue weighted by atomic mass is 10.2. The molecular formula is C21H17N3O4S. The van der Waals surface area contributed by atoms with Crippen LogP contribution in [-0.4, -0.2) is 16.8 Å². The SMILES string of the molecule is Cc1oc(-c2cccs2)nc1CC(=O)Nc1cccc(NC(=O)c2ccco2)c1. The molecule has 0 atom stereocenters. The first-order valence-electron chi connectivity index (χ1n) is 8.83. The first kappa shape index (κ1) is 18.7. The van der Waals surface area contributed by atoms with E-state index in [0.29, 0.717) is 28.7 Å². The van der Waals surface area contributed by atoms with Crippen LogP contribution in [0.2, 0.25) is 0 Å². The summed E-state index contributed by atoms with van der Waals surface area (Å²) < 4.78 is 10.7. The molecule has 3 aromatic heterocycles. The van der Waals surface area contributed by atoms with Crippen LogP contribution in [0.25, 0.3) is 10.8 Å². The molecule has 0 aliphatic heterocycles. The molecule has 0 spiro atoms. The van der Waals surface area contributed by atoms with Crippen LogP contribution in [0.3, 0.4) is 0 Å². The van der Waals surface area contributed by atoms with Gasteiger partial charge in [0.2, 0.25) is 11.8 Å². The van der Waals surface area contributed by atoms with Crippen molar-refractivity contribution in [3.8, 4) is 10.8 Å². The number of thiophene rings is 1. The standard InChI is InChI=1S/C21H17N3O4S/c1-13-16(24-21(28-13)18-8-4-10-29-18)12-19(25)22-14-5-2-6-15(11-14)23-20(26)17-7-3-9-27-17/h2-11H,12H2,1H3,(H,22,25)(H,23,26). The van der Waals surface area contributed by atoms with Crippen LogP contribution in [0.1, 0.15) is 22.0 Å². The molecule has 8 heteroatoms. The Morgan fingerprint density at radius 1 is 1.07 bits per heavy atom. The molecule has 0 unspecified atom stereocenters. The molecule has 1 aromatic carbocycles. The number of benzene rings is 1. The van der Waals surface area contributed by atoms with Crippen molar-refractivity contribution < 1.29 is 18.4 Å². The van der Waals surface area contributed by atoms with Crippen LogP contribution in [-0.2, 0) is 11.2 Å². The number of nitrogens with zero attached hydrogens (tertiary/aromatic N) is 1. The van der Waals surface area contributed by atoms with Crippen molar-refractivity contribution in [3.63, 3.8) is 0 Å². The minimum absolute atomic E-state index is 0.0870. The number of hydrogen-bond acceptors (Lipinski definition) is 6. The minimum atomic E-state index is -0.363. The molecule has 146 valence electrons. The van der Waals surface area contributed by atoms with Gasteiger partial charge in [0.25, 0.3) is 5.91 Å². The third-order valence-electron chi connectivity index (χ3n) is 4.10. The van der Waals surface area contributed by atoms with Crippen LogP contribution in [0.15, 0.2) is 69.0 Å². The van der Waals surface area contributed by atoms with Crippen molar-refractivity contribution in [3.05, 3.63) is 77.4 Å². The third kappa shape index (κ3) is 4.44. The Hall–Kier alpha value is -3.65. The fraction of sp³-hybridized carbons (Fsp3) is 0.0952. The van der Waals surface area contributed by atoms with E-state index in [1.54, 1.807) is 43.3 Å². The number of anilines is 2. The van der Waals surface area contributed by atoms with Crippen molar-refractivity contribution in [1.82, 2.24) is 4.98 Å². The molecule has 0 radical (unpaired) electrons. The number of carbonyl (C=O) groups excluding carboxylic acids is 2. The van der Waals surface area contributed by atoms with Crippen LogP contribution >= 0.6 is 11.3 Å². The molecule has 29 heavy (non-hydrogen) atoms.